The number of amides is 1. The fourth-order valence-corrected chi connectivity index (χ4v) is 2.45. The maximum Gasteiger partial charge on any atom is 0.222 e. The highest BCUT2D eigenvalue weighted by molar-refractivity contribution is 5.76. The standard InChI is InChI=1S/C19H22FNO3/c1-21(13-15-5-4-6-16(20)9-15)19(22)8-7-14-10-17(23-2)12-18(11-14)24-3/h4-6,9-12H,7-8,13H2,1-3H3. The van der Waals surface area contributed by atoms with Gasteiger partial charge in [-0.2, -0.15) is 0 Å². The lowest BCUT2D eigenvalue weighted by atomic mass is 10.1. The minimum absolute atomic E-state index is 0.000970. The highest BCUT2D eigenvalue weighted by atomic mass is 19.1. The quantitative estimate of drug-likeness (QED) is 0.780. The second kappa shape index (κ2) is 8.34. The van der Waals surface area contributed by atoms with Crippen LogP contribution in [0.15, 0.2) is 42.5 Å². The highest BCUT2D eigenvalue weighted by Crippen LogP contribution is 2.23. The SMILES string of the molecule is COc1cc(CCC(=O)N(C)Cc2cccc(F)c2)cc(OC)c1. The number of benzene rings is 2. The summed E-state index contributed by atoms with van der Waals surface area (Å²) in [7, 11) is 4.91. The van der Waals surface area contributed by atoms with Crippen LogP contribution in [0.2, 0.25) is 0 Å². The Bertz CT molecular complexity index is 681. The van der Waals surface area contributed by atoms with Crippen LogP contribution in [0.5, 0.6) is 11.5 Å². The van der Waals surface area contributed by atoms with Crippen molar-refractivity contribution < 1.29 is 18.7 Å². The molecule has 0 heterocycles. The van der Waals surface area contributed by atoms with E-state index in [2.05, 4.69) is 0 Å². The zero-order valence-corrected chi connectivity index (χ0v) is 14.2. The number of ether oxygens (including phenoxy) is 2. The van der Waals surface area contributed by atoms with E-state index < -0.39 is 0 Å². The Kier molecular flexibility index (Phi) is 6.18. The lowest BCUT2D eigenvalue weighted by Crippen LogP contribution is -2.26. The van der Waals surface area contributed by atoms with E-state index >= 15 is 0 Å². The minimum Gasteiger partial charge on any atom is -0.497 e. The Labute approximate surface area is 141 Å². The summed E-state index contributed by atoms with van der Waals surface area (Å²) in [4.78, 5) is 13.9. The molecule has 0 fully saturated rings. The Hall–Kier alpha value is -2.56. The third-order valence-electron chi connectivity index (χ3n) is 3.77. The normalized spacial score (nSPS) is 10.3. The molecule has 0 aliphatic rings. The van der Waals surface area contributed by atoms with Crippen molar-refractivity contribution in [2.45, 2.75) is 19.4 Å². The predicted molar refractivity (Wildman–Crippen MR) is 90.7 cm³/mol. The number of aryl methyl sites for hydroxylation is 1. The van der Waals surface area contributed by atoms with Gasteiger partial charge in [0.25, 0.3) is 0 Å². The van der Waals surface area contributed by atoms with Crippen LogP contribution in [0.3, 0.4) is 0 Å². The lowest BCUT2D eigenvalue weighted by Gasteiger charge is -2.17. The third-order valence-corrected chi connectivity index (χ3v) is 3.77. The van der Waals surface area contributed by atoms with Gasteiger partial charge < -0.3 is 14.4 Å². The molecule has 0 saturated carbocycles. The topological polar surface area (TPSA) is 38.8 Å². The van der Waals surface area contributed by atoms with E-state index in [9.17, 15) is 9.18 Å². The average molecular weight is 331 g/mol. The first kappa shape index (κ1) is 17.8. The van der Waals surface area contributed by atoms with E-state index in [1.807, 2.05) is 12.1 Å². The van der Waals surface area contributed by atoms with Crippen molar-refractivity contribution in [1.82, 2.24) is 4.90 Å². The molecule has 0 aromatic heterocycles. The summed E-state index contributed by atoms with van der Waals surface area (Å²) in [5.41, 5.74) is 1.74. The number of halogens is 1. The van der Waals surface area contributed by atoms with Crippen LogP contribution >= 0.6 is 0 Å². The van der Waals surface area contributed by atoms with E-state index in [1.165, 1.54) is 12.1 Å². The molecule has 24 heavy (non-hydrogen) atoms. The molecule has 128 valence electrons. The maximum absolute atomic E-state index is 13.2. The molecule has 2 aromatic rings. The van der Waals surface area contributed by atoms with Gasteiger partial charge in [0.15, 0.2) is 0 Å². The Morgan fingerprint density at radius 3 is 2.29 bits per heavy atom. The van der Waals surface area contributed by atoms with Gasteiger partial charge in [-0.25, -0.2) is 4.39 Å². The van der Waals surface area contributed by atoms with Crippen molar-refractivity contribution in [2.24, 2.45) is 0 Å². The monoisotopic (exact) mass is 331 g/mol. The molecule has 0 unspecified atom stereocenters. The fourth-order valence-electron chi connectivity index (χ4n) is 2.45. The van der Waals surface area contributed by atoms with Crippen molar-refractivity contribution in [3.8, 4) is 11.5 Å². The molecule has 2 aromatic carbocycles. The molecule has 5 heteroatoms. The van der Waals surface area contributed by atoms with Gasteiger partial charge in [-0.3, -0.25) is 4.79 Å². The number of carbonyl (C=O) groups is 1. The molecule has 0 aliphatic heterocycles. The van der Waals surface area contributed by atoms with Gasteiger partial charge in [0, 0.05) is 26.1 Å². The van der Waals surface area contributed by atoms with Crippen molar-refractivity contribution in [3.05, 3.63) is 59.4 Å². The van der Waals surface area contributed by atoms with Gasteiger partial charge in [0.1, 0.15) is 17.3 Å². The second-order valence-electron chi connectivity index (χ2n) is 5.60. The highest BCUT2D eigenvalue weighted by Gasteiger charge is 2.11. The first-order valence-electron chi connectivity index (χ1n) is 7.72. The Morgan fingerprint density at radius 1 is 1.04 bits per heavy atom. The number of methoxy groups -OCH3 is 2. The fraction of sp³-hybridized carbons (Fsp3) is 0.316. The second-order valence-corrected chi connectivity index (χ2v) is 5.60. The maximum atomic E-state index is 13.2. The zero-order chi connectivity index (χ0) is 17.5. The van der Waals surface area contributed by atoms with Crippen molar-refractivity contribution in [2.75, 3.05) is 21.3 Å². The molecule has 0 atom stereocenters. The van der Waals surface area contributed by atoms with Gasteiger partial charge in [0.2, 0.25) is 5.91 Å². The molecule has 0 aliphatic carbocycles. The number of nitrogens with zero attached hydrogens (tertiary/aromatic N) is 1. The Morgan fingerprint density at radius 2 is 1.71 bits per heavy atom. The van der Waals surface area contributed by atoms with Gasteiger partial charge in [0.05, 0.1) is 14.2 Å². The van der Waals surface area contributed by atoms with Crippen LogP contribution in [-0.4, -0.2) is 32.1 Å². The van der Waals surface area contributed by atoms with Crippen molar-refractivity contribution in [3.63, 3.8) is 0 Å². The van der Waals surface area contributed by atoms with E-state index in [4.69, 9.17) is 9.47 Å². The number of rotatable bonds is 7. The van der Waals surface area contributed by atoms with Gasteiger partial charge in [-0.05, 0) is 41.8 Å². The molecular weight excluding hydrogens is 309 g/mol. The van der Waals surface area contributed by atoms with E-state index in [-0.39, 0.29) is 11.7 Å². The molecule has 2 rings (SSSR count). The summed E-state index contributed by atoms with van der Waals surface area (Å²) in [6, 6.07) is 11.9. The molecule has 0 radical (unpaired) electrons. The van der Waals surface area contributed by atoms with Crippen molar-refractivity contribution >= 4 is 5.91 Å². The summed E-state index contributed by atoms with van der Waals surface area (Å²) < 4.78 is 23.7. The van der Waals surface area contributed by atoms with E-state index in [0.717, 1.165) is 11.1 Å². The lowest BCUT2D eigenvalue weighted by molar-refractivity contribution is -0.130. The van der Waals surface area contributed by atoms with Gasteiger partial charge in [-0.15, -0.1) is 0 Å². The van der Waals surface area contributed by atoms with Gasteiger partial charge >= 0.3 is 0 Å². The van der Waals surface area contributed by atoms with Crippen LogP contribution in [-0.2, 0) is 17.8 Å². The molecule has 0 N–H and O–H groups in total. The number of hydrogen-bond donors (Lipinski definition) is 0. The smallest absolute Gasteiger partial charge is 0.222 e. The van der Waals surface area contributed by atoms with Crippen LogP contribution in [0.1, 0.15) is 17.5 Å². The summed E-state index contributed by atoms with van der Waals surface area (Å²) in [6.45, 7) is 0.387. The summed E-state index contributed by atoms with van der Waals surface area (Å²) in [5.74, 6) is 1.10. The first-order chi connectivity index (χ1) is 11.5. The molecule has 0 spiro atoms. The van der Waals surface area contributed by atoms with E-state index in [1.54, 1.807) is 44.4 Å². The molecule has 0 bridgehead atoms. The largest absolute Gasteiger partial charge is 0.497 e. The third kappa shape index (κ3) is 4.98. The van der Waals surface area contributed by atoms with Gasteiger partial charge in [-0.1, -0.05) is 12.1 Å². The van der Waals surface area contributed by atoms with Crippen LogP contribution in [0.25, 0.3) is 0 Å². The first-order valence-corrected chi connectivity index (χ1v) is 7.72. The zero-order valence-electron chi connectivity index (χ0n) is 14.2. The molecule has 4 nitrogen and oxygen atoms in total. The van der Waals surface area contributed by atoms with Crippen LogP contribution in [0.4, 0.5) is 4.39 Å². The van der Waals surface area contributed by atoms with Crippen LogP contribution in [0, 0.1) is 5.82 Å². The summed E-state index contributed by atoms with van der Waals surface area (Å²) in [5, 5.41) is 0. The predicted octanol–water partition coefficient (Wildman–Crippen LogP) is 3.43. The Balaban J connectivity index is 1.94. The molecule has 0 saturated heterocycles. The number of carbonyl (C=O) groups excluding carboxylic acids is 1. The summed E-state index contributed by atoms with van der Waals surface area (Å²) >= 11 is 0. The average Bonchev–Trinajstić information content (AvgIpc) is 2.59. The van der Waals surface area contributed by atoms with Crippen LogP contribution < -0.4 is 9.47 Å². The minimum atomic E-state index is -0.295. The summed E-state index contributed by atoms with van der Waals surface area (Å²) in [6.07, 6.45) is 0.946. The van der Waals surface area contributed by atoms with E-state index in [0.29, 0.717) is 30.9 Å². The molecule has 1 amide bonds. The van der Waals surface area contributed by atoms with Crippen molar-refractivity contribution in [1.29, 1.82) is 0 Å². The molecular formula is C19H22FNO3. The number of hydrogen-bond acceptors (Lipinski definition) is 3.